The van der Waals surface area contributed by atoms with E-state index in [2.05, 4.69) is 16.3 Å². The van der Waals surface area contributed by atoms with Crippen molar-refractivity contribution in [3.05, 3.63) is 18.2 Å². The van der Waals surface area contributed by atoms with Crippen LogP contribution in [0, 0.1) is 0 Å². The molecule has 1 aliphatic heterocycles. The molecule has 0 aromatic heterocycles. The zero-order chi connectivity index (χ0) is 13.2. The van der Waals surface area contributed by atoms with Crippen molar-refractivity contribution in [2.45, 2.75) is 31.3 Å². The van der Waals surface area contributed by atoms with Gasteiger partial charge in [0.15, 0.2) is 0 Å². The molecule has 2 aliphatic rings. The SMILES string of the molecule is COc1ccc(N2CCN[C@@H]3CCC[C@@H]32)c(OC)c1. The lowest BCUT2D eigenvalue weighted by Crippen LogP contribution is -2.55. The van der Waals surface area contributed by atoms with E-state index in [1.54, 1.807) is 14.2 Å². The molecule has 1 aromatic rings. The van der Waals surface area contributed by atoms with Gasteiger partial charge in [0.2, 0.25) is 0 Å². The van der Waals surface area contributed by atoms with Crippen LogP contribution in [0.15, 0.2) is 18.2 Å². The van der Waals surface area contributed by atoms with Crippen molar-refractivity contribution in [2.75, 3.05) is 32.2 Å². The van der Waals surface area contributed by atoms with E-state index in [1.807, 2.05) is 12.1 Å². The lowest BCUT2D eigenvalue weighted by molar-refractivity contribution is 0.380. The molecule has 2 atom stereocenters. The fourth-order valence-electron chi connectivity index (χ4n) is 3.41. The highest BCUT2D eigenvalue weighted by atomic mass is 16.5. The number of rotatable bonds is 3. The Kier molecular flexibility index (Phi) is 3.51. The van der Waals surface area contributed by atoms with Crippen LogP contribution in [0.3, 0.4) is 0 Å². The molecular weight excluding hydrogens is 240 g/mol. The summed E-state index contributed by atoms with van der Waals surface area (Å²) < 4.78 is 10.8. The van der Waals surface area contributed by atoms with E-state index in [0.29, 0.717) is 12.1 Å². The fourth-order valence-corrected chi connectivity index (χ4v) is 3.41. The molecule has 1 saturated carbocycles. The maximum atomic E-state index is 5.55. The van der Waals surface area contributed by atoms with E-state index in [9.17, 15) is 0 Å². The molecule has 0 unspecified atom stereocenters. The van der Waals surface area contributed by atoms with Crippen LogP contribution in [0.1, 0.15) is 19.3 Å². The summed E-state index contributed by atoms with van der Waals surface area (Å²) in [5, 5.41) is 3.63. The van der Waals surface area contributed by atoms with Crippen molar-refractivity contribution >= 4 is 5.69 Å². The number of anilines is 1. The van der Waals surface area contributed by atoms with E-state index >= 15 is 0 Å². The van der Waals surface area contributed by atoms with Gasteiger partial charge in [0.25, 0.3) is 0 Å². The zero-order valence-corrected chi connectivity index (χ0v) is 11.7. The molecule has 19 heavy (non-hydrogen) atoms. The minimum atomic E-state index is 0.607. The first-order valence-corrected chi connectivity index (χ1v) is 7.05. The van der Waals surface area contributed by atoms with Gasteiger partial charge in [-0.15, -0.1) is 0 Å². The van der Waals surface area contributed by atoms with Crippen molar-refractivity contribution in [1.82, 2.24) is 5.32 Å². The smallest absolute Gasteiger partial charge is 0.145 e. The van der Waals surface area contributed by atoms with Crippen LogP contribution in [-0.2, 0) is 0 Å². The number of nitrogens with one attached hydrogen (secondary N) is 1. The quantitative estimate of drug-likeness (QED) is 0.904. The second-order valence-electron chi connectivity index (χ2n) is 5.29. The summed E-state index contributed by atoms with van der Waals surface area (Å²) in [4.78, 5) is 2.51. The number of hydrogen-bond donors (Lipinski definition) is 1. The van der Waals surface area contributed by atoms with Crippen LogP contribution in [0.2, 0.25) is 0 Å². The number of methoxy groups -OCH3 is 2. The van der Waals surface area contributed by atoms with Crippen molar-refractivity contribution < 1.29 is 9.47 Å². The van der Waals surface area contributed by atoms with Gasteiger partial charge in [0, 0.05) is 31.2 Å². The first-order valence-electron chi connectivity index (χ1n) is 7.05. The van der Waals surface area contributed by atoms with E-state index < -0.39 is 0 Å². The second kappa shape index (κ2) is 5.29. The molecule has 0 bridgehead atoms. The fraction of sp³-hybridized carbons (Fsp3) is 0.600. The van der Waals surface area contributed by atoms with Gasteiger partial charge in [-0.3, -0.25) is 0 Å². The first-order chi connectivity index (χ1) is 9.33. The van der Waals surface area contributed by atoms with Crippen LogP contribution in [0.5, 0.6) is 11.5 Å². The molecular formula is C15H22N2O2. The highest BCUT2D eigenvalue weighted by Gasteiger charge is 2.35. The average Bonchev–Trinajstić information content (AvgIpc) is 2.95. The second-order valence-corrected chi connectivity index (χ2v) is 5.29. The summed E-state index contributed by atoms with van der Waals surface area (Å²) in [7, 11) is 3.42. The Morgan fingerprint density at radius 1 is 1.21 bits per heavy atom. The molecule has 1 N–H and O–H groups in total. The Labute approximate surface area is 114 Å². The Balaban J connectivity index is 1.92. The van der Waals surface area contributed by atoms with Gasteiger partial charge in [-0.1, -0.05) is 0 Å². The molecule has 104 valence electrons. The van der Waals surface area contributed by atoms with Crippen molar-refractivity contribution in [1.29, 1.82) is 0 Å². The van der Waals surface area contributed by atoms with Crippen LogP contribution in [0.25, 0.3) is 0 Å². The third-order valence-corrected chi connectivity index (χ3v) is 4.34. The summed E-state index contributed by atoms with van der Waals surface area (Å²) in [6.45, 7) is 2.10. The molecule has 1 heterocycles. The van der Waals surface area contributed by atoms with Crippen molar-refractivity contribution in [3.63, 3.8) is 0 Å². The van der Waals surface area contributed by atoms with Gasteiger partial charge in [-0.25, -0.2) is 0 Å². The van der Waals surface area contributed by atoms with E-state index in [0.717, 1.165) is 24.6 Å². The van der Waals surface area contributed by atoms with Gasteiger partial charge in [0.1, 0.15) is 11.5 Å². The number of hydrogen-bond acceptors (Lipinski definition) is 4. The normalized spacial score (nSPS) is 26.1. The highest BCUT2D eigenvalue weighted by molar-refractivity contribution is 5.62. The molecule has 1 aliphatic carbocycles. The highest BCUT2D eigenvalue weighted by Crippen LogP contribution is 2.37. The number of benzene rings is 1. The predicted molar refractivity (Wildman–Crippen MR) is 76.3 cm³/mol. The summed E-state index contributed by atoms with van der Waals surface area (Å²) in [5.74, 6) is 1.76. The van der Waals surface area contributed by atoms with Gasteiger partial charge < -0.3 is 19.7 Å². The first kappa shape index (κ1) is 12.6. The third kappa shape index (κ3) is 2.25. The maximum Gasteiger partial charge on any atom is 0.145 e. The van der Waals surface area contributed by atoms with Gasteiger partial charge >= 0.3 is 0 Å². The van der Waals surface area contributed by atoms with Crippen LogP contribution in [0.4, 0.5) is 5.69 Å². The lowest BCUT2D eigenvalue weighted by Gasteiger charge is -2.40. The van der Waals surface area contributed by atoms with Crippen molar-refractivity contribution in [2.24, 2.45) is 0 Å². The van der Waals surface area contributed by atoms with Crippen molar-refractivity contribution in [3.8, 4) is 11.5 Å². The maximum absolute atomic E-state index is 5.55. The molecule has 1 aromatic carbocycles. The van der Waals surface area contributed by atoms with E-state index in [1.165, 1.54) is 24.9 Å². The summed E-state index contributed by atoms with van der Waals surface area (Å²) in [5.41, 5.74) is 1.20. The third-order valence-electron chi connectivity index (χ3n) is 4.34. The molecule has 4 heteroatoms. The zero-order valence-electron chi connectivity index (χ0n) is 11.7. The Hall–Kier alpha value is -1.42. The topological polar surface area (TPSA) is 33.7 Å². The molecule has 3 rings (SSSR count). The molecule has 2 fully saturated rings. The molecule has 0 amide bonds. The van der Waals surface area contributed by atoms with Crippen LogP contribution < -0.4 is 19.7 Å². The minimum absolute atomic E-state index is 0.607. The monoisotopic (exact) mass is 262 g/mol. The lowest BCUT2D eigenvalue weighted by atomic mass is 10.1. The average molecular weight is 262 g/mol. The summed E-state index contributed by atoms with van der Waals surface area (Å²) in [6, 6.07) is 7.36. The molecule has 0 radical (unpaired) electrons. The van der Waals surface area contributed by atoms with Crippen LogP contribution in [-0.4, -0.2) is 39.4 Å². The number of ether oxygens (including phenoxy) is 2. The molecule has 4 nitrogen and oxygen atoms in total. The largest absolute Gasteiger partial charge is 0.497 e. The summed E-state index contributed by atoms with van der Waals surface area (Å²) in [6.07, 6.45) is 3.88. The van der Waals surface area contributed by atoms with Crippen LogP contribution >= 0.6 is 0 Å². The van der Waals surface area contributed by atoms with Gasteiger partial charge in [-0.2, -0.15) is 0 Å². The Morgan fingerprint density at radius 3 is 2.89 bits per heavy atom. The molecule has 1 saturated heterocycles. The standard InChI is InChI=1S/C15H22N2O2/c1-18-11-6-7-14(15(10-11)19-2)17-9-8-16-12-4-3-5-13(12)17/h6-7,10,12-13,16H,3-5,8-9H2,1-2H3/t12-,13+/m1/s1. The van der Waals surface area contributed by atoms with E-state index in [-0.39, 0.29) is 0 Å². The Bertz CT molecular complexity index is 450. The summed E-state index contributed by atoms with van der Waals surface area (Å²) >= 11 is 0. The number of fused-ring (bicyclic) bond motifs is 1. The van der Waals surface area contributed by atoms with E-state index in [4.69, 9.17) is 9.47 Å². The Morgan fingerprint density at radius 2 is 2.11 bits per heavy atom. The van der Waals surface area contributed by atoms with Gasteiger partial charge in [0.05, 0.1) is 19.9 Å². The molecule has 0 spiro atoms. The minimum Gasteiger partial charge on any atom is -0.497 e. The number of piperazine rings is 1. The number of nitrogens with zero attached hydrogens (tertiary/aromatic N) is 1. The van der Waals surface area contributed by atoms with Gasteiger partial charge in [-0.05, 0) is 31.4 Å². The predicted octanol–water partition coefficient (Wildman–Crippen LogP) is 2.03.